The van der Waals surface area contributed by atoms with Gasteiger partial charge in [-0.3, -0.25) is 4.90 Å². The molecule has 0 N–H and O–H groups in total. The van der Waals surface area contributed by atoms with E-state index in [-0.39, 0.29) is 0 Å². The second kappa shape index (κ2) is 5.95. The second-order valence-electron chi connectivity index (χ2n) is 7.66. The van der Waals surface area contributed by atoms with Gasteiger partial charge in [-0.15, -0.1) is 5.10 Å². The Morgan fingerprint density at radius 2 is 1.88 bits per heavy atom. The van der Waals surface area contributed by atoms with E-state index in [0.717, 1.165) is 24.7 Å². The van der Waals surface area contributed by atoms with Crippen molar-refractivity contribution in [2.24, 2.45) is 0 Å². The van der Waals surface area contributed by atoms with E-state index in [0.29, 0.717) is 6.04 Å². The maximum atomic E-state index is 4.58. The lowest BCUT2D eigenvalue weighted by Crippen LogP contribution is -2.23. The van der Waals surface area contributed by atoms with Crippen LogP contribution < -0.4 is 0 Å². The average Bonchev–Trinajstić information content (AvgIpc) is 3.25. The van der Waals surface area contributed by atoms with Gasteiger partial charge in [0, 0.05) is 12.7 Å². The number of aryl methyl sites for hydroxylation is 1. The minimum Gasteiger partial charge on any atom is -0.290 e. The highest BCUT2D eigenvalue weighted by atomic mass is 15.4. The Balaban J connectivity index is 1.43. The third-order valence-electron chi connectivity index (χ3n) is 5.70. The van der Waals surface area contributed by atoms with Crippen molar-refractivity contribution in [2.45, 2.75) is 51.1 Å². The summed E-state index contributed by atoms with van der Waals surface area (Å²) in [6.07, 6.45) is 7.23. The van der Waals surface area contributed by atoms with Gasteiger partial charge in [-0.2, -0.15) is 0 Å². The van der Waals surface area contributed by atoms with Gasteiger partial charge in [-0.25, -0.2) is 4.52 Å². The van der Waals surface area contributed by atoms with E-state index in [1.165, 1.54) is 47.9 Å². The van der Waals surface area contributed by atoms with Crippen molar-refractivity contribution in [2.75, 3.05) is 6.54 Å². The number of nitrogens with zero attached hydrogens (tertiary/aromatic N) is 4. The summed E-state index contributed by atoms with van der Waals surface area (Å²) in [6.45, 7) is 4.27. The molecule has 1 aromatic carbocycles. The van der Waals surface area contributed by atoms with E-state index >= 15 is 0 Å². The van der Waals surface area contributed by atoms with E-state index in [1.807, 2.05) is 4.52 Å². The molecular weight excluding hydrogens is 308 g/mol. The van der Waals surface area contributed by atoms with Crippen molar-refractivity contribution in [3.05, 3.63) is 65.0 Å². The monoisotopic (exact) mass is 332 g/mol. The maximum Gasteiger partial charge on any atom is 0.108 e. The zero-order valence-corrected chi connectivity index (χ0v) is 14.7. The molecule has 2 fully saturated rings. The molecule has 4 heteroatoms. The van der Waals surface area contributed by atoms with Crippen LogP contribution in [0.4, 0.5) is 0 Å². The van der Waals surface area contributed by atoms with Gasteiger partial charge in [-0.05, 0) is 62.3 Å². The van der Waals surface area contributed by atoms with Crippen molar-refractivity contribution in [3.8, 4) is 0 Å². The summed E-state index contributed by atoms with van der Waals surface area (Å²) in [5.41, 5.74) is 6.42. The summed E-state index contributed by atoms with van der Waals surface area (Å²) >= 11 is 0. The number of hydrogen-bond donors (Lipinski definition) is 0. The lowest BCUT2D eigenvalue weighted by molar-refractivity contribution is 0.245. The summed E-state index contributed by atoms with van der Waals surface area (Å²) < 4.78 is 1.99. The summed E-state index contributed by atoms with van der Waals surface area (Å²) in [7, 11) is 0. The number of pyridine rings is 1. The third kappa shape index (κ3) is 2.85. The highest BCUT2D eigenvalue weighted by Crippen LogP contribution is 2.40. The van der Waals surface area contributed by atoms with Crippen molar-refractivity contribution in [1.82, 2.24) is 19.7 Å². The molecule has 3 aromatic rings. The minimum absolute atomic E-state index is 0.380. The normalized spacial score (nSPS) is 21.2. The highest BCUT2D eigenvalue weighted by molar-refractivity contribution is 5.53. The van der Waals surface area contributed by atoms with Crippen molar-refractivity contribution >= 4 is 5.52 Å². The predicted molar refractivity (Wildman–Crippen MR) is 98.5 cm³/mol. The molecule has 1 saturated heterocycles. The molecule has 3 heterocycles. The fraction of sp³-hybridized carbons (Fsp3) is 0.429. The molecule has 1 aliphatic heterocycles. The molecule has 1 atom stereocenters. The molecule has 0 radical (unpaired) electrons. The molecule has 0 spiro atoms. The fourth-order valence-corrected chi connectivity index (χ4v) is 4.08. The summed E-state index contributed by atoms with van der Waals surface area (Å²) in [6, 6.07) is 13.8. The van der Waals surface area contributed by atoms with Crippen LogP contribution in [0.25, 0.3) is 5.52 Å². The van der Waals surface area contributed by atoms with E-state index in [2.05, 4.69) is 64.7 Å². The number of rotatable bonds is 4. The molecule has 1 unspecified atom stereocenters. The van der Waals surface area contributed by atoms with Crippen molar-refractivity contribution in [1.29, 1.82) is 0 Å². The van der Waals surface area contributed by atoms with Gasteiger partial charge in [0.1, 0.15) is 5.69 Å². The first-order chi connectivity index (χ1) is 12.3. The Morgan fingerprint density at radius 3 is 2.68 bits per heavy atom. The molecule has 4 nitrogen and oxygen atoms in total. The zero-order chi connectivity index (χ0) is 16.8. The van der Waals surface area contributed by atoms with Crippen molar-refractivity contribution < 1.29 is 0 Å². The van der Waals surface area contributed by atoms with Crippen LogP contribution in [0.2, 0.25) is 0 Å². The molecule has 2 aliphatic rings. The SMILES string of the molecule is Cc1ccc(CN2CCCC2c2nnn3cc(C4CC4)ccc23)cc1. The Hall–Kier alpha value is -2.20. The van der Waals surface area contributed by atoms with Crippen LogP contribution in [0.5, 0.6) is 0 Å². The molecule has 5 rings (SSSR count). The molecular formula is C21H24N4. The quantitative estimate of drug-likeness (QED) is 0.716. The largest absolute Gasteiger partial charge is 0.290 e. The molecule has 2 aromatic heterocycles. The third-order valence-corrected chi connectivity index (χ3v) is 5.70. The molecule has 1 saturated carbocycles. The molecule has 1 aliphatic carbocycles. The van der Waals surface area contributed by atoms with Crippen LogP contribution in [0.15, 0.2) is 42.6 Å². The zero-order valence-electron chi connectivity index (χ0n) is 14.7. The van der Waals surface area contributed by atoms with Gasteiger partial charge >= 0.3 is 0 Å². The smallest absolute Gasteiger partial charge is 0.108 e. The van der Waals surface area contributed by atoms with Gasteiger partial charge in [0.05, 0.1) is 11.6 Å². The Labute approximate surface area is 148 Å². The number of aromatic nitrogens is 3. The Morgan fingerprint density at radius 1 is 1.04 bits per heavy atom. The molecule has 0 bridgehead atoms. The van der Waals surface area contributed by atoms with Crippen LogP contribution in [-0.2, 0) is 6.54 Å². The van der Waals surface area contributed by atoms with Crippen LogP contribution >= 0.6 is 0 Å². The molecule has 25 heavy (non-hydrogen) atoms. The lowest BCUT2D eigenvalue weighted by Gasteiger charge is -2.23. The lowest BCUT2D eigenvalue weighted by atomic mass is 10.1. The number of fused-ring (bicyclic) bond motifs is 1. The number of hydrogen-bond acceptors (Lipinski definition) is 3. The van der Waals surface area contributed by atoms with E-state index < -0.39 is 0 Å². The first kappa shape index (κ1) is 15.1. The van der Waals surface area contributed by atoms with Crippen LogP contribution in [0, 0.1) is 6.92 Å². The number of likely N-dealkylation sites (tertiary alicyclic amines) is 1. The van der Waals surface area contributed by atoms with Crippen LogP contribution in [0.3, 0.4) is 0 Å². The van der Waals surface area contributed by atoms with E-state index in [9.17, 15) is 0 Å². The standard InChI is InChI=1S/C21H24N4/c1-15-4-6-16(7-5-15)13-24-12-2-3-19(24)21-20-11-10-18(17-8-9-17)14-25(20)23-22-21/h4-7,10-11,14,17,19H,2-3,8-9,12-13H2,1H3. The van der Waals surface area contributed by atoms with Gasteiger partial charge in [0.15, 0.2) is 0 Å². The first-order valence-electron chi connectivity index (χ1n) is 9.42. The number of benzene rings is 1. The maximum absolute atomic E-state index is 4.58. The first-order valence-corrected chi connectivity index (χ1v) is 9.42. The van der Waals surface area contributed by atoms with Gasteiger partial charge in [0.25, 0.3) is 0 Å². The second-order valence-corrected chi connectivity index (χ2v) is 7.66. The van der Waals surface area contributed by atoms with Gasteiger partial charge in [-0.1, -0.05) is 41.1 Å². The topological polar surface area (TPSA) is 33.4 Å². The summed E-state index contributed by atoms with van der Waals surface area (Å²) in [5, 5.41) is 9.00. The summed E-state index contributed by atoms with van der Waals surface area (Å²) in [5.74, 6) is 0.751. The van der Waals surface area contributed by atoms with Gasteiger partial charge in [0.2, 0.25) is 0 Å². The van der Waals surface area contributed by atoms with E-state index in [4.69, 9.17) is 0 Å². The molecule has 128 valence electrons. The van der Waals surface area contributed by atoms with Crippen LogP contribution in [0.1, 0.15) is 60.0 Å². The summed E-state index contributed by atoms with van der Waals surface area (Å²) in [4.78, 5) is 2.56. The predicted octanol–water partition coefficient (Wildman–Crippen LogP) is 4.25. The van der Waals surface area contributed by atoms with Crippen molar-refractivity contribution in [3.63, 3.8) is 0 Å². The highest BCUT2D eigenvalue weighted by Gasteiger charge is 2.30. The van der Waals surface area contributed by atoms with Crippen LogP contribution in [-0.4, -0.2) is 26.3 Å². The Bertz CT molecular complexity index is 892. The Kier molecular flexibility index (Phi) is 3.59. The van der Waals surface area contributed by atoms with Gasteiger partial charge < -0.3 is 0 Å². The fourth-order valence-electron chi connectivity index (χ4n) is 4.08. The van der Waals surface area contributed by atoms with E-state index in [1.54, 1.807) is 0 Å². The minimum atomic E-state index is 0.380. The molecule has 0 amide bonds. The average molecular weight is 332 g/mol.